The Balaban J connectivity index is 1.84. The van der Waals surface area contributed by atoms with Gasteiger partial charge < -0.3 is 4.90 Å². The Morgan fingerprint density at radius 2 is 1.96 bits per heavy atom. The van der Waals surface area contributed by atoms with Gasteiger partial charge >= 0.3 is 0 Å². The largest absolute Gasteiger partial charge is 0.357 e. The topological polar surface area (TPSA) is 52.8 Å². The molecule has 5 heteroatoms. The van der Waals surface area contributed by atoms with Gasteiger partial charge in [0.25, 0.3) is 0 Å². The minimum Gasteiger partial charge on any atom is -0.357 e. The van der Waals surface area contributed by atoms with Crippen molar-refractivity contribution in [3.8, 4) is 6.07 Å². The van der Waals surface area contributed by atoms with Crippen molar-refractivity contribution in [1.29, 1.82) is 5.26 Å². The lowest BCUT2D eigenvalue weighted by Gasteiger charge is -2.31. The van der Waals surface area contributed by atoms with E-state index in [0.717, 1.165) is 48.6 Å². The molecule has 0 amide bonds. The van der Waals surface area contributed by atoms with E-state index in [4.69, 9.17) is 0 Å². The minimum atomic E-state index is -0.433. The van der Waals surface area contributed by atoms with Crippen molar-refractivity contribution < 1.29 is 0 Å². The van der Waals surface area contributed by atoms with Gasteiger partial charge in [0.2, 0.25) is 0 Å². The molecule has 0 saturated heterocycles. The number of benzene rings is 1. The van der Waals surface area contributed by atoms with Crippen LogP contribution in [-0.4, -0.2) is 23.1 Å². The van der Waals surface area contributed by atoms with Crippen LogP contribution in [0.1, 0.15) is 36.3 Å². The minimum absolute atomic E-state index is 0.433. The summed E-state index contributed by atoms with van der Waals surface area (Å²) < 4.78 is 0. The third-order valence-corrected chi connectivity index (χ3v) is 6.66. The van der Waals surface area contributed by atoms with Crippen LogP contribution < -0.4 is 4.90 Å². The number of aromatic nitrogens is 2. The van der Waals surface area contributed by atoms with E-state index in [9.17, 15) is 5.26 Å². The third kappa shape index (κ3) is 2.57. The van der Waals surface area contributed by atoms with Crippen LogP contribution >= 0.6 is 11.3 Å². The van der Waals surface area contributed by atoms with Crippen molar-refractivity contribution in [1.82, 2.24) is 9.97 Å². The predicted molar refractivity (Wildman–Crippen MR) is 107 cm³/mol. The average molecular weight is 363 g/mol. The van der Waals surface area contributed by atoms with Crippen LogP contribution in [0.2, 0.25) is 0 Å². The highest BCUT2D eigenvalue weighted by atomic mass is 32.1. The molecule has 0 aliphatic heterocycles. The Bertz CT molecular complexity index is 969. The molecule has 1 aliphatic carbocycles. The molecule has 0 N–H and O–H groups in total. The zero-order chi connectivity index (χ0) is 18.1. The maximum Gasteiger partial charge on any atom is 0.141 e. The van der Waals surface area contributed by atoms with Crippen molar-refractivity contribution in [2.75, 3.05) is 18.0 Å². The smallest absolute Gasteiger partial charge is 0.141 e. The molecule has 3 aromatic rings. The predicted octanol–water partition coefficient (Wildman–Crippen LogP) is 4.49. The Labute approximate surface area is 158 Å². The fourth-order valence-electron chi connectivity index (χ4n) is 4.05. The summed E-state index contributed by atoms with van der Waals surface area (Å²) >= 11 is 1.74. The molecule has 0 fully saturated rings. The molecule has 0 saturated carbocycles. The van der Waals surface area contributed by atoms with Gasteiger partial charge in [0.1, 0.15) is 17.0 Å². The Morgan fingerprint density at radius 1 is 1.19 bits per heavy atom. The average Bonchev–Trinajstić information content (AvgIpc) is 3.07. The first-order valence-corrected chi connectivity index (χ1v) is 10.0. The fraction of sp³-hybridized carbons (Fsp3) is 0.381. The molecule has 0 bridgehead atoms. The standard InChI is InChI=1S/C21H22N4S/c1-3-25(4-2)19-18-16-10-11-21(13-22,15-8-6-5-7-9-15)12-17(16)26-20(18)24-14-23-19/h5-9,14H,3-4,10-12H2,1-2H3/t21-/m0/s1. The number of hydrogen-bond donors (Lipinski definition) is 0. The van der Waals surface area contributed by atoms with E-state index in [-0.39, 0.29) is 0 Å². The second kappa shape index (κ2) is 6.69. The Morgan fingerprint density at radius 3 is 2.65 bits per heavy atom. The van der Waals surface area contributed by atoms with Crippen LogP contribution in [0.5, 0.6) is 0 Å². The second-order valence-electron chi connectivity index (χ2n) is 6.79. The summed E-state index contributed by atoms with van der Waals surface area (Å²) in [5.74, 6) is 1.04. The lowest BCUT2D eigenvalue weighted by atomic mass is 9.70. The number of aryl methyl sites for hydroxylation is 1. The van der Waals surface area contributed by atoms with Crippen LogP contribution in [0.15, 0.2) is 36.7 Å². The highest BCUT2D eigenvalue weighted by Gasteiger charge is 2.38. The first-order valence-electron chi connectivity index (χ1n) is 9.19. The number of fused-ring (bicyclic) bond motifs is 3. The van der Waals surface area contributed by atoms with Crippen LogP contribution in [0.3, 0.4) is 0 Å². The van der Waals surface area contributed by atoms with E-state index in [1.165, 1.54) is 15.8 Å². The van der Waals surface area contributed by atoms with E-state index in [0.29, 0.717) is 0 Å². The lowest BCUT2D eigenvalue weighted by molar-refractivity contribution is 0.480. The molecule has 1 aromatic carbocycles. The van der Waals surface area contributed by atoms with Gasteiger partial charge in [-0.05, 0) is 37.8 Å². The third-order valence-electron chi connectivity index (χ3n) is 5.52. The lowest BCUT2D eigenvalue weighted by Crippen LogP contribution is -2.31. The molecule has 1 aliphatic rings. The molecular formula is C21H22N4S. The molecular weight excluding hydrogens is 340 g/mol. The number of anilines is 1. The van der Waals surface area contributed by atoms with Crippen LogP contribution in [0, 0.1) is 11.3 Å². The van der Waals surface area contributed by atoms with Crippen LogP contribution in [0.4, 0.5) is 5.82 Å². The van der Waals surface area contributed by atoms with E-state index in [2.05, 4.69) is 46.9 Å². The molecule has 4 rings (SSSR count). The molecule has 0 spiro atoms. The van der Waals surface area contributed by atoms with E-state index in [1.807, 2.05) is 18.2 Å². The van der Waals surface area contributed by atoms with Crippen molar-refractivity contribution in [3.63, 3.8) is 0 Å². The summed E-state index contributed by atoms with van der Waals surface area (Å²) in [6.45, 7) is 6.18. The first-order chi connectivity index (χ1) is 12.7. The second-order valence-corrected chi connectivity index (χ2v) is 7.87. The number of rotatable bonds is 4. The summed E-state index contributed by atoms with van der Waals surface area (Å²) in [5, 5.41) is 11.2. The molecule has 2 aromatic heterocycles. The maximum atomic E-state index is 10.0. The molecule has 132 valence electrons. The summed E-state index contributed by atoms with van der Waals surface area (Å²) in [4.78, 5) is 13.8. The van der Waals surface area contributed by atoms with E-state index >= 15 is 0 Å². The maximum absolute atomic E-state index is 10.0. The van der Waals surface area contributed by atoms with Gasteiger partial charge in [0.05, 0.1) is 16.9 Å². The quantitative estimate of drug-likeness (QED) is 0.686. The molecule has 0 unspecified atom stereocenters. The summed E-state index contributed by atoms with van der Waals surface area (Å²) in [5.41, 5.74) is 2.05. The van der Waals surface area contributed by atoms with Gasteiger partial charge in [-0.25, -0.2) is 9.97 Å². The molecule has 1 atom stereocenters. The highest BCUT2D eigenvalue weighted by molar-refractivity contribution is 7.19. The van der Waals surface area contributed by atoms with Gasteiger partial charge in [-0.3, -0.25) is 0 Å². The van der Waals surface area contributed by atoms with Gasteiger partial charge in [0, 0.05) is 24.4 Å². The zero-order valence-electron chi connectivity index (χ0n) is 15.2. The summed E-state index contributed by atoms with van der Waals surface area (Å²) in [6.07, 6.45) is 4.19. The summed E-state index contributed by atoms with van der Waals surface area (Å²) in [7, 11) is 0. The highest BCUT2D eigenvalue weighted by Crippen LogP contribution is 2.45. The van der Waals surface area contributed by atoms with Gasteiger partial charge in [-0.2, -0.15) is 5.26 Å². The van der Waals surface area contributed by atoms with E-state index in [1.54, 1.807) is 17.7 Å². The molecule has 0 radical (unpaired) electrons. The Hall–Kier alpha value is -2.45. The number of thiophene rings is 1. The van der Waals surface area contributed by atoms with Crippen molar-refractivity contribution >= 4 is 27.4 Å². The summed E-state index contributed by atoms with van der Waals surface area (Å²) in [6, 6.07) is 12.9. The fourth-order valence-corrected chi connectivity index (χ4v) is 5.35. The molecule has 26 heavy (non-hydrogen) atoms. The number of nitrogens with zero attached hydrogens (tertiary/aromatic N) is 4. The number of nitriles is 1. The molecule has 4 nitrogen and oxygen atoms in total. The van der Waals surface area contributed by atoms with Crippen LogP contribution in [0.25, 0.3) is 10.2 Å². The van der Waals surface area contributed by atoms with Crippen LogP contribution in [-0.2, 0) is 18.3 Å². The molecule has 2 heterocycles. The van der Waals surface area contributed by atoms with Crippen molar-refractivity contribution in [3.05, 3.63) is 52.7 Å². The van der Waals surface area contributed by atoms with Crippen molar-refractivity contribution in [2.45, 2.75) is 38.5 Å². The normalized spacial score (nSPS) is 19.1. The monoisotopic (exact) mass is 362 g/mol. The van der Waals surface area contributed by atoms with Gasteiger partial charge in [-0.1, -0.05) is 30.3 Å². The zero-order valence-corrected chi connectivity index (χ0v) is 16.0. The van der Waals surface area contributed by atoms with Gasteiger partial charge in [0.15, 0.2) is 0 Å². The number of hydrogen-bond acceptors (Lipinski definition) is 5. The SMILES string of the molecule is CCN(CC)c1ncnc2sc3c(c12)CC[C@](C#N)(c1ccccc1)C3. The van der Waals surface area contributed by atoms with E-state index < -0.39 is 5.41 Å². The first kappa shape index (κ1) is 17.0. The van der Waals surface area contributed by atoms with Gasteiger partial charge in [-0.15, -0.1) is 11.3 Å². The Kier molecular flexibility index (Phi) is 4.37. The van der Waals surface area contributed by atoms with Crippen molar-refractivity contribution in [2.24, 2.45) is 0 Å².